The van der Waals surface area contributed by atoms with Gasteiger partial charge in [0.1, 0.15) is 29.9 Å². The highest BCUT2D eigenvalue weighted by Gasteiger charge is 2.39. The monoisotopic (exact) mass is 578 g/mol. The summed E-state index contributed by atoms with van der Waals surface area (Å²) in [6.45, 7) is 5.40. The summed E-state index contributed by atoms with van der Waals surface area (Å²) in [5, 5.41) is 11.0. The fourth-order valence-corrected chi connectivity index (χ4v) is 5.00. The Kier molecular flexibility index (Phi) is 10.1. The molecule has 5 rings (SSSR count). The van der Waals surface area contributed by atoms with Crippen LogP contribution in [0.3, 0.4) is 0 Å². The average molecular weight is 579 g/mol. The van der Waals surface area contributed by atoms with Crippen LogP contribution in [0.5, 0.6) is 5.75 Å². The van der Waals surface area contributed by atoms with Crippen molar-refractivity contribution >= 4 is 29.5 Å². The van der Waals surface area contributed by atoms with Crippen molar-refractivity contribution in [1.29, 1.82) is 0 Å². The van der Waals surface area contributed by atoms with Crippen LogP contribution in [-0.4, -0.2) is 76.7 Å². The number of amides is 5. The molecule has 224 valence electrons. The summed E-state index contributed by atoms with van der Waals surface area (Å²) in [5.74, 6) is -2.04. The summed E-state index contributed by atoms with van der Waals surface area (Å²) >= 11 is 0. The molecule has 1 saturated heterocycles. The first-order chi connectivity index (χ1) is 20.1. The topological polar surface area (TPSA) is 159 Å². The van der Waals surface area contributed by atoms with E-state index in [1.807, 2.05) is 19.9 Å². The minimum absolute atomic E-state index is 0.169. The number of carbonyl (C=O) groups excluding carboxylic acids is 5. The second-order valence-corrected chi connectivity index (χ2v) is 10.9. The summed E-state index contributed by atoms with van der Waals surface area (Å²) in [6, 6.07) is 8.65. The zero-order valence-corrected chi connectivity index (χ0v) is 24.1. The van der Waals surface area contributed by atoms with Gasteiger partial charge in [-0.05, 0) is 55.5 Å². The largest absolute Gasteiger partial charge is 0.484 e. The Morgan fingerprint density at radius 1 is 1.05 bits per heavy atom. The van der Waals surface area contributed by atoms with E-state index in [4.69, 9.17) is 4.74 Å². The van der Waals surface area contributed by atoms with E-state index in [-0.39, 0.29) is 31.4 Å². The van der Waals surface area contributed by atoms with Gasteiger partial charge in [0.05, 0.1) is 12.2 Å². The summed E-state index contributed by atoms with van der Waals surface area (Å²) in [4.78, 5) is 71.6. The van der Waals surface area contributed by atoms with Gasteiger partial charge in [0.2, 0.25) is 23.6 Å². The fraction of sp³-hybridized carbons (Fsp3) is 0.467. The first-order valence-electron chi connectivity index (χ1n) is 14.2. The lowest BCUT2D eigenvalue weighted by molar-refractivity contribution is -0.143. The zero-order valence-electron chi connectivity index (χ0n) is 24.1. The molecule has 1 aromatic heterocycles. The van der Waals surface area contributed by atoms with E-state index in [0.717, 1.165) is 5.56 Å². The predicted molar refractivity (Wildman–Crippen MR) is 153 cm³/mol. The lowest BCUT2D eigenvalue weighted by atomic mass is 10.0. The number of rotatable bonds is 4. The van der Waals surface area contributed by atoms with Gasteiger partial charge in [-0.1, -0.05) is 32.0 Å². The Labute approximate surface area is 245 Å². The highest BCUT2D eigenvalue weighted by Crippen LogP contribution is 2.21. The third kappa shape index (κ3) is 7.83. The molecule has 2 bridgehead atoms. The van der Waals surface area contributed by atoms with Gasteiger partial charge in [-0.2, -0.15) is 0 Å². The van der Waals surface area contributed by atoms with Gasteiger partial charge in [-0.15, -0.1) is 0 Å². The predicted octanol–water partition coefficient (Wildman–Crippen LogP) is 0.454. The Hall–Kier alpha value is -4.48. The Morgan fingerprint density at radius 2 is 1.81 bits per heavy atom. The highest BCUT2D eigenvalue weighted by atomic mass is 16.5. The third-order valence-electron chi connectivity index (χ3n) is 7.38. The summed E-state index contributed by atoms with van der Waals surface area (Å²) in [5.41, 5.74) is 1.40. The molecule has 2 aromatic rings. The molecule has 0 aliphatic carbocycles. The van der Waals surface area contributed by atoms with E-state index in [2.05, 4.69) is 26.3 Å². The average Bonchev–Trinajstić information content (AvgIpc) is 3.48. The number of fused-ring (bicyclic) bond motifs is 13. The minimum Gasteiger partial charge on any atom is -0.484 e. The van der Waals surface area contributed by atoms with Crippen LogP contribution >= 0.6 is 0 Å². The maximum absolute atomic E-state index is 13.5. The van der Waals surface area contributed by atoms with Gasteiger partial charge in [0, 0.05) is 19.2 Å². The van der Waals surface area contributed by atoms with Crippen LogP contribution in [0.25, 0.3) is 0 Å². The molecule has 1 aromatic carbocycles. The number of nitrogens with one attached hydrogen (secondary N) is 4. The highest BCUT2D eigenvalue weighted by molar-refractivity contribution is 5.96. The van der Waals surface area contributed by atoms with Crippen LogP contribution in [0, 0.1) is 5.92 Å². The number of aromatic nitrogens is 1. The van der Waals surface area contributed by atoms with Crippen molar-refractivity contribution in [3.8, 4) is 5.75 Å². The van der Waals surface area contributed by atoms with Crippen LogP contribution in [0.2, 0.25) is 0 Å². The van der Waals surface area contributed by atoms with E-state index >= 15 is 0 Å². The molecule has 0 spiro atoms. The number of ether oxygens (including phenoxy) is 1. The minimum atomic E-state index is -0.973. The quantitative estimate of drug-likeness (QED) is 0.410. The number of pyridine rings is 1. The molecule has 4 heterocycles. The lowest BCUT2D eigenvalue weighted by Gasteiger charge is -2.31. The second kappa shape index (κ2) is 13.9. The van der Waals surface area contributed by atoms with Crippen molar-refractivity contribution in [3.05, 3.63) is 59.9 Å². The molecule has 0 unspecified atom stereocenters. The number of benzene rings is 1. The molecular formula is C30H38N6O6. The van der Waals surface area contributed by atoms with Crippen molar-refractivity contribution in [2.24, 2.45) is 5.92 Å². The Balaban J connectivity index is 1.57. The van der Waals surface area contributed by atoms with Crippen molar-refractivity contribution < 1.29 is 28.7 Å². The zero-order chi connectivity index (χ0) is 30.2. The van der Waals surface area contributed by atoms with Crippen LogP contribution in [0.15, 0.2) is 48.7 Å². The molecule has 5 amide bonds. The van der Waals surface area contributed by atoms with Crippen LogP contribution < -0.4 is 26.0 Å². The van der Waals surface area contributed by atoms with E-state index in [1.165, 1.54) is 11.8 Å². The number of carbonyl (C=O) groups is 5. The van der Waals surface area contributed by atoms with Gasteiger partial charge < -0.3 is 30.9 Å². The summed E-state index contributed by atoms with van der Waals surface area (Å²) in [6.07, 6.45) is 2.84. The smallest absolute Gasteiger partial charge is 0.258 e. The van der Waals surface area contributed by atoms with E-state index in [9.17, 15) is 24.0 Å². The maximum Gasteiger partial charge on any atom is 0.258 e. The fourth-order valence-electron chi connectivity index (χ4n) is 5.00. The first-order valence-corrected chi connectivity index (χ1v) is 14.2. The van der Waals surface area contributed by atoms with E-state index in [0.29, 0.717) is 30.8 Å². The standard InChI is InChI=1S/C30H38N6O6/c1-18(2)26-30(41)36-14-6-8-24(36)29(40)33-19(3)27(38)34-23(28(39)32-16-21-7-4-5-13-31-21)15-20-9-11-22(12-10-20)42-17-25(37)35-26/h4-5,7,9-13,18-19,23-24,26H,6,8,14-17H2,1-3H3,(H,32,39)(H,33,40)(H,34,38)(H,35,37)/t19-,23+,24-,26+/m0/s1. The van der Waals surface area contributed by atoms with Gasteiger partial charge in [-0.25, -0.2) is 0 Å². The van der Waals surface area contributed by atoms with Crippen LogP contribution in [-0.2, 0) is 36.9 Å². The second-order valence-electron chi connectivity index (χ2n) is 10.9. The first kappa shape index (κ1) is 30.5. The van der Waals surface area contributed by atoms with Crippen LogP contribution in [0.4, 0.5) is 0 Å². The molecule has 42 heavy (non-hydrogen) atoms. The number of nitrogens with zero attached hydrogens (tertiary/aromatic N) is 2. The van der Waals surface area contributed by atoms with Crippen molar-refractivity contribution in [3.63, 3.8) is 0 Å². The molecule has 0 radical (unpaired) electrons. The number of hydrogen-bond acceptors (Lipinski definition) is 7. The van der Waals surface area contributed by atoms with E-state index < -0.39 is 47.8 Å². The Morgan fingerprint density at radius 3 is 2.50 bits per heavy atom. The molecule has 12 nitrogen and oxygen atoms in total. The van der Waals surface area contributed by atoms with E-state index in [1.54, 1.807) is 42.6 Å². The van der Waals surface area contributed by atoms with Gasteiger partial charge in [0.15, 0.2) is 6.61 Å². The lowest BCUT2D eigenvalue weighted by Crippen LogP contribution is -2.58. The SMILES string of the molecule is CC(C)[C@H]1NC(=O)COc2ccc(cc2)C[C@H](C(=O)NCc2ccccn2)NC(=O)[C@H](C)NC(=O)[C@@H]2CCCN2C1=O. The maximum atomic E-state index is 13.5. The molecule has 3 aliphatic rings. The molecular weight excluding hydrogens is 540 g/mol. The van der Waals surface area contributed by atoms with Crippen molar-refractivity contribution in [2.75, 3.05) is 13.2 Å². The van der Waals surface area contributed by atoms with Crippen LogP contribution in [0.1, 0.15) is 44.9 Å². The molecule has 4 atom stereocenters. The van der Waals surface area contributed by atoms with Crippen molar-refractivity contribution in [1.82, 2.24) is 31.2 Å². The normalized spacial score (nSPS) is 24.0. The molecule has 1 fully saturated rings. The molecule has 4 N–H and O–H groups in total. The molecule has 12 heteroatoms. The Bertz CT molecular complexity index is 1280. The summed E-state index contributed by atoms with van der Waals surface area (Å²) in [7, 11) is 0. The summed E-state index contributed by atoms with van der Waals surface area (Å²) < 4.78 is 5.64. The number of hydrogen-bond donors (Lipinski definition) is 4. The molecule has 0 saturated carbocycles. The molecule has 3 aliphatic heterocycles. The van der Waals surface area contributed by atoms with Gasteiger partial charge >= 0.3 is 0 Å². The third-order valence-corrected chi connectivity index (χ3v) is 7.38. The van der Waals surface area contributed by atoms with Gasteiger partial charge in [0.25, 0.3) is 5.91 Å². The van der Waals surface area contributed by atoms with Gasteiger partial charge in [-0.3, -0.25) is 29.0 Å². The van der Waals surface area contributed by atoms with Crippen molar-refractivity contribution in [2.45, 2.75) is 70.7 Å².